The number of nitrogens with zero attached hydrogens (tertiary/aromatic N) is 3. The molecule has 4 aromatic rings. The first-order valence-corrected chi connectivity index (χ1v) is 10.0. The van der Waals surface area contributed by atoms with Crippen molar-refractivity contribution >= 4 is 11.9 Å². The van der Waals surface area contributed by atoms with Crippen molar-refractivity contribution < 1.29 is 13.9 Å². The minimum atomic E-state index is -0.411. The molecule has 0 saturated heterocycles. The van der Waals surface area contributed by atoms with Gasteiger partial charge in [-0.3, -0.25) is 10.1 Å². The van der Waals surface area contributed by atoms with E-state index in [2.05, 4.69) is 21.5 Å². The van der Waals surface area contributed by atoms with Crippen LogP contribution in [0.3, 0.4) is 0 Å². The zero-order valence-corrected chi connectivity index (χ0v) is 17.8. The third kappa shape index (κ3) is 5.39. The number of ether oxygens (including phenoxy) is 1. The summed E-state index contributed by atoms with van der Waals surface area (Å²) in [5.74, 6) is 1.31. The van der Waals surface area contributed by atoms with Gasteiger partial charge in [0, 0.05) is 0 Å². The molecule has 2 aromatic carbocycles. The molecular weight excluding hydrogens is 392 g/mol. The van der Waals surface area contributed by atoms with Crippen LogP contribution in [0.5, 0.6) is 5.75 Å². The molecule has 4 rings (SSSR count). The molecule has 0 unspecified atom stereocenters. The molecule has 0 aliphatic carbocycles. The van der Waals surface area contributed by atoms with Crippen LogP contribution in [0.4, 0.5) is 5.95 Å². The second-order valence-electron chi connectivity index (χ2n) is 7.58. The maximum absolute atomic E-state index is 12.5. The Bertz CT molecular complexity index is 1170. The first-order valence-electron chi connectivity index (χ1n) is 10.0. The third-order valence-electron chi connectivity index (χ3n) is 4.69. The van der Waals surface area contributed by atoms with E-state index in [1.54, 1.807) is 23.1 Å². The van der Waals surface area contributed by atoms with Crippen LogP contribution in [0, 0.1) is 20.8 Å². The summed E-state index contributed by atoms with van der Waals surface area (Å²) in [4.78, 5) is 16.6. The van der Waals surface area contributed by atoms with Gasteiger partial charge in [-0.05, 0) is 61.7 Å². The highest BCUT2D eigenvalue weighted by atomic mass is 16.5. The predicted molar refractivity (Wildman–Crippen MR) is 117 cm³/mol. The molecule has 0 aliphatic heterocycles. The van der Waals surface area contributed by atoms with Crippen molar-refractivity contribution in [1.29, 1.82) is 0 Å². The molecule has 7 nitrogen and oxygen atoms in total. The Balaban J connectivity index is 1.33. The molecule has 0 spiro atoms. The number of furan rings is 1. The number of carbonyl (C=O) groups is 1. The summed E-state index contributed by atoms with van der Waals surface area (Å²) in [7, 11) is 0. The van der Waals surface area contributed by atoms with Gasteiger partial charge in [0.15, 0.2) is 5.76 Å². The van der Waals surface area contributed by atoms with E-state index in [1.807, 2.05) is 57.2 Å². The Hall–Kier alpha value is -3.87. The number of aromatic nitrogens is 3. The standard InChI is InChI=1S/C24H24N4O3/c1-16-4-6-19(7-5-16)13-28-15-25-24(27-28)26-23(29)22-9-8-20(31-22)14-30-21-11-17(2)10-18(3)12-21/h4-12,15H,13-14H2,1-3H3,(H,26,27,29). The topological polar surface area (TPSA) is 82.2 Å². The minimum Gasteiger partial charge on any atom is -0.486 e. The second-order valence-corrected chi connectivity index (χ2v) is 7.58. The number of aryl methyl sites for hydroxylation is 3. The molecule has 0 atom stereocenters. The molecule has 0 aliphatic rings. The highest BCUT2D eigenvalue weighted by Crippen LogP contribution is 2.19. The molecule has 7 heteroatoms. The lowest BCUT2D eigenvalue weighted by Crippen LogP contribution is -2.12. The summed E-state index contributed by atoms with van der Waals surface area (Å²) in [6.45, 7) is 6.89. The molecule has 2 heterocycles. The normalized spacial score (nSPS) is 10.8. The number of nitrogens with one attached hydrogen (secondary N) is 1. The molecule has 0 bridgehead atoms. The van der Waals surface area contributed by atoms with Crippen molar-refractivity contribution in [3.05, 3.63) is 94.7 Å². The lowest BCUT2D eigenvalue weighted by atomic mass is 10.1. The summed E-state index contributed by atoms with van der Waals surface area (Å²) in [5.41, 5.74) is 4.56. The summed E-state index contributed by atoms with van der Waals surface area (Å²) >= 11 is 0. The van der Waals surface area contributed by atoms with Crippen molar-refractivity contribution in [1.82, 2.24) is 14.8 Å². The van der Waals surface area contributed by atoms with Crippen LogP contribution in [-0.2, 0) is 13.2 Å². The Kier molecular flexibility index (Phi) is 5.84. The van der Waals surface area contributed by atoms with Crippen molar-refractivity contribution in [2.45, 2.75) is 33.9 Å². The zero-order chi connectivity index (χ0) is 21.8. The minimum absolute atomic E-state index is 0.175. The molecule has 0 fully saturated rings. The van der Waals surface area contributed by atoms with Gasteiger partial charge in [-0.25, -0.2) is 9.67 Å². The lowest BCUT2D eigenvalue weighted by Gasteiger charge is -2.06. The number of anilines is 1. The second kappa shape index (κ2) is 8.87. The van der Waals surface area contributed by atoms with E-state index in [4.69, 9.17) is 9.15 Å². The van der Waals surface area contributed by atoms with Crippen molar-refractivity contribution in [3.8, 4) is 5.75 Å². The first-order chi connectivity index (χ1) is 14.9. The average molecular weight is 416 g/mol. The van der Waals surface area contributed by atoms with E-state index in [0.29, 0.717) is 12.3 Å². The summed E-state index contributed by atoms with van der Waals surface area (Å²) < 4.78 is 13.1. The van der Waals surface area contributed by atoms with Gasteiger partial charge in [0.05, 0.1) is 6.54 Å². The van der Waals surface area contributed by atoms with Crippen LogP contribution in [0.15, 0.2) is 65.3 Å². The zero-order valence-electron chi connectivity index (χ0n) is 17.8. The van der Waals surface area contributed by atoms with Crippen LogP contribution in [0.25, 0.3) is 0 Å². The summed E-state index contributed by atoms with van der Waals surface area (Å²) in [6, 6.07) is 17.5. The molecular formula is C24H24N4O3. The molecule has 158 valence electrons. The SMILES string of the molecule is Cc1ccc(Cn2cnc(NC(=O)c3ccc(COc4cc(C)cc(C)c4)o3)n2)cc1. The van der Waals surface area contributed by atoms with E-state index < -0.39 is 5.91 Å². The van der Waals surface area contributed by atoms with E-state index in [-0.39, 0.29) is 18.3 Å². The maximum atomic E-state index is 12.5. The van der Waals surface area contributed by atoms with Crippen LogP contribution in [-0.4, -0.2) is 20.7 Å². The first kappa shape index (κ1) is 20.4. The van der Waals surface area contributed by atoms with Gasteiger partial charge >= 0.3 is 0 Å². The van der Waals surface area contributed by atoms with Crippen molar-refractivity contribution in [2.24, 2.45) is 0 Å². The fourth-order valence-corrected chi connectivity index (χ4v) is 3.22. The van der Waals surface area contributed by atoms with Crippen LogP contribution in [0.1, 0.15) is 38.6 Å². The fourth-order valence-electron chi connectivity index (χ4n) is 3.22. The van der Waals surface area contributed by atoms with Crippen LogP contribution < -0.4 is 10.1 Å². The molecule has 0 radical (unpaired) electrons. The van der Waals surface area contributed by atoms with Gasteiger partial charge in [0.25, 0.3) is 5.91 Å². The number of hydrogen-bond donors (Lipinski definition) is 1. The van der Waals surface area contributed by atoms with E-state index >= 15 is 0 Å². The Morgan fingerprint density at radius 3 is 2.48 bits per heavy atom. The fraction of sp³-hybridized carbons (Fsp3) is 0.208. The van der Waals surface area contributed by atoms with E-state index in [9.17, 15) is 4.79 Å². The number of amides is 1. The van der Waals surface area contributed by atoms with Gasteiger partial charge in [-0.2, -0.15) is 0 Å². The van der Waals surface area contributed by atoms with Gasteiger partial charge < -0.3 is 9.15 Å². The van der Waals surface area contributed by atoms with Crippen LogP contribution >= 0.6 is 0 Å². The Morgan fingerprint density at radius 2 is 1.74 bits per heavy atom. The molecule has 1 N–H and O–H groups in total. The largest absolute Gasteiger partial charge is 0.486 e. The van der Waals surface area contributed by atoms with Gasteiger partial charge in [-0.1, -0.05) is 35.9 Å². The predicted octanol–water partition coefficient (Wildman–Crippen LogP) is 4.68. The highest BCUT2D eigenvalue weighted by molar-refractivity contribution is 6.01. The molecule has 2 aromatic heterocycles. The monoisotopic (exact) mass is 416 g/mol. The summed E-state index contributed by atoms with van der Waals surface area (Å²) in [6.07, 6.45) is 1.58. The number of hydrogen-bond acceptors (Lipinski definition) is 5. The quantitative estimate of drug-likeness (QED) is 0.473. The smallest absolute Gasteiger partial charge is 0.293 e. The lowest BCUT2D eigenvalue weighted by molar-refractivity contribution is 0.0991. The van der Waals surface area contributed by atoms with Gasteiger partial charge in [-0.15, -0.1) is 5.10 Å². The Labute approximate surface area is 180 Å². The van der Waals surface area contributed by atoms with E-state index in [1.165, 1.54) is 5.56 Å². The Morgan fingerprint density at radius 1 is 1.00 bits per heavy atom. The van der Waals surface area contributed by atoms with Gasteiger partial charge in [0.1, 0.15) is 24.4 Å². The summed E-state index contributed by atoms with van der Waals surface area (Å²) in [5, 5.41) is 6.96. The highest BCUT2D eigenvalue weighted by Gasteiger charge is 2.14. The maximum Gasteiger partial charge on any atom is 0.293 e. The van der Waals surface area contributed by atoms with Crippen molar-refractivity contribution in [2.75, 3.05) is 5.32 Å². The number of rotatable bonds is 7. The molecule has 31 heavy (non-hydrogen) atoms. The van der Waals surface area contributed by atoms with Crippen molar-refractivity contribution in [3.63, 3.8) is 0 Å². The molecule has 1 amide bonds. The third-order valence-corrected chi connectivity index (χ3v) is 4.69. The number of carbonyl (C=O) groups excluding carboxylic acids is 1. The van der Waals surface area contributed by atoms with Crippen LogP contribution in [0.2, 0.25) is 0 Å². The average Bonchev–Trinajstić information content (AvgIpc) is 3.37. The van der Waals surface area contributed by atoms with E-state index in [0.717, 1.165) is 22.4 Å². The molecule has 0 saturated carbocycles. The number of benzene rings is 2. The van der Waals surface area contributed by atoms with Gasteiger partial charge in [0.2, 0.25) is 5.95 Å².